The van der Waals surface area contributed by atoms with E-state index >= 15 is 0 Å². The van der Waals surface area contributed by atoms with Gasteiger partial charge in [-0.05, 0) is 5.92 Å². The van der Waals surface area contributed by atoms with Crippen LogP contribution in [0.5, 0.6) is 0 Å². The smallest absolute Gasteiger partial charge is 0.220 e. The molecular weight excluding hydrogens is 190 g/mol. The lowest BCUT2D eigenvalue weighted by Crippen LogP contribution is -2.29. The largest absolute Gasteiger partial charge is 0.355 e. The Morgan fingerprint density at radius 3 is 2.31 bits per heavy atom. The molecule has 0 fully saturated rings. The normalized spacial score (nSPS) is 11.7. The lowest BCUT2D eigenvalue weighted by molar-refractivity contribution is -0.121. The molecule has 0 radical (unpaired) electrons. The Morgan fingerprint density at radius 2 is 1.92 bits per heavy atom. The number of hydrogen-bond donors (Lipinski definition) is 1. The fraction of sp³-hybridized carbons (Fsp3) is 0.875. The van der Waals surface area contributed by atoms with Crippen molar-refractivity contribution in [3.05, 3.63) is 0 Å². The van der Waals surface area contributed by atoms with E-state index in [9.17, 15) is 13.2 Å². The summed E-state index contributed by atoms with van der Waals surface area (Å²) in [6.07, 6.45) is 1.60. The topological polar surface area (TPSA) is 63.2 Å². The molecule has 0 bridgehead atoms. The first-order valence-electron chi connectivity index (χ1n) is 4.25. The first-order valence-corrected chi connectivity index (χ1v) is 6.31. The third kappa shape index (κ3) is 9.33. The Hall–Kier alpha value is -0.580. The highest BCUT2D eigenvalue weighted by molar-refractivity contribution is 7.90. The van der Waals surface area contributed by atoms with Gasteiger partial charge in [-0.25, -0.2) is 8.42 Å². The van der Waals surface area contributed by atoms with Gasteiger partial charge in [-0.2, -0.15) is 0 Å². The summed E-state index contributed by atoms with van der Waals surface area (Å²) in [5, 5.41) is 2.55. The minimum absolute atomic E-state index is 0.0107. The van der Waals surface area contributed by atoms with Crippen molar-refractivity contribution >= 4 is 15.7 Å². The van der Waals surface area contributed by atoms with Crippen LogP contribution in [0.1, 0.15) is 20.3 Å². The zero-order valence-electron chi connectivity index (χ0n) is 8.33. The number of carbonyl (C=O) groups excluding carboxylic acids is 1. The molecular formula is C8H17NO3S. The van der Waals surface area contributed by atoms with E-state index < -0.39 is 9.84 Å². The molecule has 0 aliphatic heterocycles. The van der Waals surface area contributed by atoms with Crippen LogP contribution in [0, 0.1) is 5.92 Å². The van der Waals surface area contributed by atoms with Crippen LogP contribution in [0.25, 0.3) is 0 Å². The van der Waals surface area contributed by atoms with Crippen LogP contribution in [0.15, 0.2) is 0 Å². The van der Waals surface area contributed by atoms with Gasteiger partial charge in [0.05, 0.1) is 5.75 Å². The molecule has 78 valence electrons. The van der Waals surface area contributed by atoms with Gasteiger partial charge < -0.3 is 5.32 Å². The third-order valence-corrected chi connectivity index (χ3v) is 2.33. The minimum Gasteiger partial charge on any atom is -0.355 e. The molecule has 1 N–H and O–H groups in total. The Bertz CT molecular complexity index is 257. The highest BCUT2D eigenvalue weighted by Gasteiger charge is 2.06. The first kappa shape index (κ1) is 12.4. The Labute approximate surface area is 79.6 Å². The highest BCUT2D eigenvalue weighted by Crippen LogP contribution is 1.97. The van der Waals surface area contributed by atoms with Crippen LogP contribution in [-0.4, -0.2) is 32.9 Å². The zero-order valence-corrected chi connectivity index (χ0v) is 9.15. The molecule has 4 nitrogen and oxygen atoms in total. The Morgan fingerprint density at radius 1 is 1.38 bits per heavy atom. The van der Waals surface area contributed by atoms with Crippen molar-refractivity contribution in [1.29, 1.82) is 0 Å². The fourth-order valence-corrected chi connectivity index (χ4v) is 1.29. The first-order chi connectivity index (χ1) is 5.81. The van der Waals surface area contributed by atoms with E-state index in [1.165, 1.54) is 0 Å². The Kier molecular flexibility index (Phi) is 4.98. The molecule has 0 saturated carbocycles. The second-order valence-electron chi connectivity index (χ2n) is 3.58. The summed E-state index contributed by atoms with van der Waals surface area (Å²) in [6, 6.07) is 0. The maximum absolute atomic E-state index is 11.0. The summed E-state index contributed by atoms with van der Waals surface area (Å²) in [6.45, 7) is 4.09. The van der Waals surface area contributed by atoms with Crippen LogP contribution in [0.3, 0.4) is 0 Å². The molecule has 1 amide bonds. The minimum atomic E-state index is -2.96. The van der Waals surface area contributed by atoms with Gasteiger partial charge in [0.25, 0.3) is 0 Å². The van der Waals surface area contributed by atoms with Crippen molar-refractivity contribution in [3.63, 3.8) is 0 Å². The van der Waals surface area contributed by atoms with Crippen molar-refractivity contribution in [2.75, 3.05) is 18.6 Å². The molecule has 0 aromatic carbocycles. The van der Waals surface area contributed by atoms with E-state index in [4.69, 9.17) is 0 Å². The average molecular weight is 207 g/mol. The number of amides is 1. The van der Waals surface area contributed by atoms with E-state index in [1.807, 2.05) is 13.8 Å². The third-order valence-electron chi connectivity index (χ3n) is 1.39. The number of hydrogen-bond acceptors (Lipinski definition) is 3. The molecule has 0 unspecified atom stereocenters. The van der Waals surface area contributed by atoms with Crippen LogP contribution in [-0.2, 0) is 14.6 Å². The second kappa shape index (κ2) is 5.21. The van der Waals surface area contributed by atoms with E-state index in [-0.39, 0.29) is 18.2 Å². The molecule has 0 rings (SSSR count). The molecule has 0 aromatic heterocycles. The Balaban J connectivity index is 3.61. The zero-order chi connectivity index (χ0) is 10.5. The van der Waals surface area contributed by atoms with Crippen molar-refractivity contribution in [2.24, 2.45) is 5.92 Å². The maximum Gasteiger partial charge on any atom is 0.220 e. The summed E-state index contributed by atoms with van der Waals surface area (Å²) in [5.74, 6) is 0.230. The SMILES string of the molecule is CC(C)CC(=O)NCCS(C)(=O)=O. The van der Waals surface area contributed by atoms with Crippen molar-refractivity contribution in [1.82, 2.24) is 5.32 Å². The van der Waals surface area contributed by atoms with Gasteiger partial charge in [-0.15, -0.1) is 0 Å². The molecule has 0 aliphatic carbocycles. The van der Waals surface area contributed by atoms with E-state index in [2.05, 4.69) is 5.32 Å². The summed E-state index contributed by atoms with van der Waals surface area (Å²) in [7, 11) is -2.96. The monoisotopic (exact) mass is 207 g/mol. The van der Waals surface area contributed by atoms with Crippen LogP contribution in [0.4, 0.5) is 0 Å². The summed E-state index contributed by atoms with van der Waals surface area (Å²) in [4.78, 5) is 11.0. The quantitative estimate of drug-likeness (QED) is 0.700. The molecule has 0 spiro atoms. The van der Waals surface area contributed by atoms with Gasteiger partial charge in [-0.3, -0.25) is 4.79 Å². The van der Waals surface area contributed by atoms with Crippen LogP contribution < -0.4 is 5.32 Å². The van der Waals surface area contributed by atoms with Crippen molar-refractivity contribution in [2.45, 2.75) is 20.3 Å². The molecule has 0 saturated heterocycles. The molecule has 13 heavy (non-hydrogen) atoms. The number of nitrogens with one attached hydrogen (secondary N) is 1. The van der Waals surface area contributed by atoms with Gasteiger partial charge >= 0.3 is 0 Å². The summed E-state index contributed by atoms with van der Waals surface area (Å²) < 4.78 is 21.4. The number of sulfone groups is 1. The fourth-order valence-electron chi connectivity index (χ4n) is 0.819. The second-order valence-corrected chi connectivity index (χ2v) is 5.84. The predicted molar refractivity (Wildman–Crippen MR) is 52.2 cm³/mol. The van der Waals surface area contributed by atoms with E-state index in [0.29, 0.717) is 12.3 Å². The lowest BCUT2D eigenvalue weighted by atomic mass is 10.1. The van der Waals surface area contributed by atoms with Crippen molar-refractivity contribution < 1.29 is 13.2 Å². The lowest BCUT2D eigenvalue weighted by Gasteiger charge is -2.05. The van der Waals surface area contributed by atoms with E-state index in [1.54, 1.807) is 0 Å². The molecule has 0 aromatic rings. The summed E-state index contributed by atoms with van der Waals surface area (Å²) in [5.41, 5.74) is 0. The molecule has 0 heterocycles. The molecule has 5 heteroatoms. The van der Waals surface area contributed by atoms with Gasteiger partial charge in [0, 0.05) is 19.2 Å². The van der Waals surface area contributed by atoms with Gasteiger partial charge in [-0.1, -0.05) is 13.8 Å². The van der Waals surface area contributed by atoms with E-state index in [0.717, 1.165) is 6.26 Å². The standard InChI is InChI=1S/C8H17NO3S/c1-7(2)6-8(10)9-4-5-13(3,11)12/h7H,4-6H2,1-3H3,(H,9,10). The number of rotatable bonds is 5. The predicted octanol–water partition coefficient (Wildman–Crippen LogP) is 0.193. The van der Waals surface area contributed by atoms with Gasteiger partial charge in [0.15, 0.2) is 0 Å². The van der Waals surface area contributed by atoms with Crippen molar-refractivity contribution in [3.8, 4) is 0 Å². The summed E-state index contributed by atoms with van der Waals surface area (Å²) >= 11 is 0. The maximum atomic E-state index is 11.0. The van der Waals surface area contributed by atoms with Gasteiger partial charge in [0.2, 0.25) is 5.91 Å². The highest BCUT2D eigenvalue weighted by atomic mass is 32.2. The average Bonchev–Trinajstić information content (AvgIpc) is 1.81. The van der Waals surface area contributed by atoms with Crippen LogP contribution in [0.2, 0.25) is 0 Å². The van der Waals surface area contributed by atoms with Crippen LogP contribution >= 0.6 is 0 Å². The van der Waals surface area contributed by atoms with Gasteiger partial charge in [0.1, 0.15) is 9.84 Å². The number of carbonyl (C=O) groups is 1. The molecule has 0 aliphatic rings. The molecule has 0 atom stereocenters.